The number of carbonyl (C=O) groups excluding carboxylic acids is 1. The fraction of sp³-hybridized carbons (Fsp3) is 0.818. The van der Waals surface area contributed by atoms with Crippen molar-refractivity contribution in [2.45, 2.75) is 32.7 Å². The van der Waals surface area contributed by atoms with Crippen LogP contribution < -0.4 is 0 Å². The molecule has 1 rings (SSSR count). The molecule has 18 heavy (non-hydrogen) atoms. The number of rotatable bonds is 6. The summed E-state index contributed by atoms with van der Waals surface area (Å²) in [6.45, 7) is 4.45. The maximum atomic E-state index is 11.8. The van der Waals surface area contributed by atoms with E-state index < -0.39 is 12.0 Å². The lowest BCUT2D eigenvalue weighted by atomic mass is 10.0. The van der Waals surface area contributed by atoms with Crippen LogP contribution in [-0.4, -0.2) is 41.0 Å². The number of aliphatic carboxylic acids is 1. The molecule has 0 radical (unpaired) electrons. The van der Waals surface area contributed by atoms with Gasteiger partial charge in [-0.25, -0.2) is 4.79 Å². The molecule has 1 aliphatic rings. The molecule has 1 amide bonds. The van der Waals surface area contributed by atoms with Crippen LogP contribution in [-0.2, 0) is 9.59 Å². The molecular formula is C11H18N4O3. The van der Waals surface area contributed by atoms with Crippen molar-refractivity contribution >= 4 is 11.9 Å². The monoisotopic (exact) mass is 254 g/mol. The lowest BCUT2D eigenvalue weighted by Gasteiger charge is -2.26. The van der Waals surface area contributed by atoms with Gasteiger partial charge >= 0.3 is 5.97 Å². The lowest BCUT2D eigenvalue weighted by molar-refractivity contribution is -0.149. The van der Waals surface area contributed by atoms with Gasteiger partial charge in [0.15, 0.2) is 0 Å². The summed E-state index contributed by atoms with van der Waals surface area (Å²) in [6, 6.07) is -0.770. The second-order valence-corrected chi connectivity index (χ2v) is 5.01. The molecule has 0 spiro atoms. The first kappa shape index (κ1) is 14.3. The summed E-state index contributed by atoms with van der Waals surface area (Å²) in [5, 5.41) is 12.6. The summed E-state index contributed by atoms with van der Waals surface area (Å²) in [5.74, 6) is -1.000. The molecule has 0 aromatic heterocycles. The molecule has 1 heterocycles. The fourth-order valence-electron chi connectivity index (χ4n) is 2.19. The predicted octanol–water partition coefficient (Wildman–Crippen LogP) is 1.64. The van der Waals surface area contributed by atoms with Crippen LogP contribution in [0.25, 0.3) is 10.4 Å². The molecule has 0 aromatic carbocycles. The number of carboxylic acids is 1. The van der Waals surface area contributed by atoms with E-state index in [0.717, 1.165) is 0 Å². The van der Waals surface area contributed by atoms with Crippen LogP contribution in [0.1, 0.15) is 26.7 Å². The summed E-state index contributed by atoms with van der Waals surface area (Å²) < 4.78 is 0. The summed E-state index contributed by atoms with van der Waals surface area (Å²) >= 11 is 0. The van der Waals surface area contributed by atoms with Gasteiger partial charge in [-0.2, -0.15) is 0 Å². The molecule has 0 bridgehead atoms. The first-order valence-electron chi connectivity index (χ1n) is 5.98. The van der Waals surface area contributed by atoms with Crippen LogP contribution in [0, 0.1) is 11.8 Å². The molecule has 0 aromatic rings. The van der Waals surface area contributed by atoms with E-state index in [-0.39, 0.29) is 30.7 Å². The Labute approximate surface area is 105 Å². The first-order valence-corrected chi connectivity index (χ1v) is 5.98. The van der Waals surface area contributed by atoms with E-state index in [1.807, 2.05) is 13.8 Å². The molecular weight excluding hydrogens is 236 g/mol. The topological polar surface area (TPSA) is 106 Å². The fourth-order valence-corrected chi connectivity index (χ4v) is 2.19. The van der Waals surface area contributed by atoms with Crippen LogP contribution >= 0.6 is 0 Å². The molecule has 1 fully saturated rings. The number of hydrogen-bond acceptors (Lipinski definition) is 3. The van der Waals surface area contributed by atoms with Gasteiger partial charge in [0.2, 0.25) is 5.91 Å². The highest BCUT2D eigenvalue weighted by Crippen LogP contribution is 2.23. The Morgan fingerprint density at radius 3 is 2.83 bits per heavy atom. The summed E-state index contributed by atoms with van der Waals surface area (Å²) in [7, 11) is 0. The molecule has 2 atom stereocenters. The number of carbonyl (C=O) groups is 2. The predicted molar refractivity (Wildman–Crippen MR) is 64.7 cm³/mol. The van der Waals surface area contributed by atoms with E-state index >= 15 is 0 Å². The number of amides is 1. The zero-order valence-corrected chi connectivity index (χ0v) is 10.6. The molecule has 0 saturated carbocycles. The van der Waals surface area contributed by atoms with Gasteiger partial charge in [0.25, 0.3) is 0 Å². The van der Waals surface area contributed by atoms with Crippen molar-refractivity contribution in [2.75, 3.05) is 13.1 Å². The summed E-state index contributed by atoms with van der Waals surface area (Å²) in [4.78, 5) is 27.1. The number of nitrogens with zero attached hydrogens (tertiary/aromatic N) is 4. The minimum absolute atomic E-state index is 0.0672. The van der Waals surface area contributed by atoms with E-state index in [0.29, 0.717) is 13.0 Å². The molecule has 2 unspecified atom stereocenters. The van der Waals surface area contributed by atoms with Crippen molar-refractivity contribution in [3.63, 3.8) is 0 Å². The molecule has 1 aliphatic heterocycles. The van der Waals surface area contributed by atoms with Gasteiger partial charge in [-0.15, -0.1) is 0 Å². The number of azide groups is 1. The van der Waals surface area contributed by atoms with Crippen LogP contribution in [0.15, 0.2) is 5.11 Å². The lowest BCUT2D eigenvalue weighted by Crippen LogP contribution is -2.43. The van der Waals surface area contributed by atoms with Crippen LogP contribution in [0.4, 0.5) is 0 Å². The average molecular weight is 254 g/mol. The Kier molecular flexibility index (Phi) is 4.97. The minimum atomic E-state index is -0.971. The third kappa shape index (κ3) is 3.63. The third-order valence-electron chi connectivity index (χ3n) is 3.00. The molecule has 7 heteroatoms. The van der Waals surface area contributed by atoms with Crippen molar-refractivity contribution in [2.24, 2.45) is 17.0 Å². The number of likely N-dealkylation sites (tertiary alicyclic amines) is 1. The maximum absolute atomic E-state index is 11.8. The normalized spacial score (nSPS) is 20.9. The second kappa shape index (κ2) is 6.26. The van der Waals surface area contributed by atoms with Gasteiger partial charge in [-0.3, -0.25) is 4.79 Å². The SMILES string of the molecule is CC(C)CC(C(=O)O)N1CC(CN=[N+]=[N-])CC1=O. The van der Waals surface area contributed by atoms with Gasteiger partial charge in [-0.1, -0.05) is 19.0 Å². The highest BCUT2D eigenvalue weighted by Gasteiger charge is 2.37. The van der Waals surface area contributed by atoms with Gasteiger partial charge in [0.1, 0.15) is 6.04 Å². The van der Waals surface area contributed by atoms with Gasteiger partial charge < -0.3 is 10.0 Å². The number of carboxylic acid groups (broad SMARTS) is 1. The molecule has 7 nitrogen and oxygen atoms in total. The maximum Gasteiger partial charge on any atom is 0.326 e. The van der Waals surface area contributed by atoms with E-state index in [4.69, 9.17) is 5.53 Å². The largest absolute Gasteiger partial charge is 0.480 e. The van der Waals surface area contributed by atoms with Crippen molar-refractivity contribution in [3.05, 3.63) is 10.4 Å². The van der Waals surface area contributed by atoms with Crippen LogP contribution in [0.2, 0.25) is 0 Å². The summed E-state index contributed by atoms with van der Waals surface area (Å²) in [6.07, 6.45) is 0.705. The van der Waals surface area contributed by atoms with E-state index in [2.05, 4.69) is 10.0 Å². The molecule has 100 valence electrons. The van der Waals surface area contributed by atoms with E-state index in [9.17, 15) is 14.7 Å². The Morgan fingerprint density at radius 2 is 2.33 bits per heavy atom. The standard InChI is InChI=1S/C11H18N4O3/c1-7(2)3-9(11(17)18)15-6-8(4-10(15)16)5-13-14-12/h7-9H,3-6H2,1-2H3,(H,17,18). The second-order valence-electron chi connectivity index (χ2n) is 5.01. The van der Waals surface area contributed by atoms with E-state index in [1.165, 1.54) is 4.90 Å². The Balaban J connectivity index is 2.71. The quantitative estimate of drug-likeness (QED) is 0.442. The molecule has 1 saturated heterocycles. The Bertz CT molecular complexity index is 376. The highest BCUT2D eigenvalue weighted by atomic mass is 16.4. The van der Waals surface area contributed by atoms with Crippen molar-refractivity contribution in [1.82, 2.24) is 4.90 Å². The van der Waals surface area contributed by atoms with Gasteiger partial charge in [-0.05, 0) is 23.8 Å². The smallest absolute Gasteiger partial charge is 0.326 e. The zero-order chi connectivity index (χ0) is 13.7. The first-order chi connectivity index (χ1) is 8.45. The highest BCUT2D eigenvalue weighted by molar-refractivity contribution is 5.85. The summed E-state index contributed by atoms with van der Waals surface area (Å²) in [5.41, 5.74) is 8.24. The van der Waals surface area contributed by atoms with Crippen molar-refractivity contribution in [1.29, 1.82) is 0 Å². The Morgan fingerprint density at radius 1 is 1.67 bits per heavy atom. The minimum Gasteiger partial charge on any atom is -0.480 e. The van der Waals surface area contributed by atoms with Gasteiger partial charge in [0.05, 0.1) is 0 Å². The Hall–Kier alpha value is -1.75. The van der Waals surface area contributed by atoms with Gasteiger partial charge in [0, 0.05) is 24.4 Å². The van der Waals surface area contributed by atoms with Crippen molar-refractivity contribution in [3.8, 4) is 0 Å². The molecule has 1 N–H and O–H groups in total. The number of hydrogen-bond donors (Lipinski definition) is 1. The average Bonchev–Trinajstić information content (AvgIpc) is 2.64. The van der Waals surface area contributed by atoms with Crippen molar-refractivity contribution < 1.29 is 14.7 Å². The zero-order valence-electron chi connectivity index (χ0n) is 10.6. The van der Waals surface area contributed by atoms with E-state index in [1.54, 1.807) is 0 Å². The van der Waals surface area contributed by atoms with Crippen LogP contribution in [0.3, 0.4) is 0 Å². The third-order valence-corrected chi connectivity index (χ3v) is 3.00. The van der Waals surface area contributed by atoms with Crippen LogP contribution in [0.5, 0.6) is 0 Å². The molecule has 0 aliphatic carbocycles.